The summed E-state index contributed by atoms with van der Waals surface area (Å²) in [6, 6.07) is 12.2. The smallest absolute Gasteiger partial charge is 0.191 e. The van der Waals surface area contributed by atoms with Gasteiger partial charge in [0.05, 0.1) is 12.6 Å². The van der Waals surface area contributed by atoms with Gasteiger partial charge in [-0.1, -0.05) is 18.2 Å². The molecule has 0 aliphatic rings. The van der Waals surface area contributed by atoms with E-state index in [-0.39, 0.29) is 30.1 Å². The number of rotatable bonds is 8. The van der Waals surface area contributed by atoms with Crippen molar-refractivity contribution in [3.63, 3.8) is 0 Å². The summed E-state index contributed by atoms with van der Waals surface area (Å²) in [5, 5.41) is 6.66. The van der Waals surface area contributed by atoms with Gasteiger partial charge in [0.2, 0.25) is 0 Å². The van der Waals surface area contributed by atoms with Crippen LogP contribution in [0.3, 0.4) is 0 Å². The van der Waals surface area contributed by atoms with Crippen LogP contribution in [0.5, 0.6) is 5.75 Å². The molecular formula is C21H31IN4O. The second kappa shape index (κ2) is 12.5. The summed E-state index contributed by atoms with van der Waals surface area (Å²) in [5.41, 5.74) is 3.35. The first-order valence-corrected chi connectivity index (χ1v) is 9.26. The molecular weight excluding hydrogens is 451 g/mol. The minimum atomic E-state index is 0. The first-order chi connectivity index (χ1) is 12.6. The summed E-state index contributed by atoms with van der Waals surface area (Å²) in [5.74, 6) is 1.72. The van der Waals surface area contributed by atoms with Gasteiger partial charge in [-0.15, -0.1) is 24.0 Å². The van der Waals surface area contributed by atoms with Crippen LogP contribution in [-0.4, -0.2) is 30.1 Å². The molecule has 2 rings (SSSR count). The minimum Gasteiger partial charge on any atom is -0.491 e. The van der Waals surface area contributed by atoms with Crippen molar-refractivity contribution >= 4 is 29.9 Å². The van der Waals surface area contributed by atoms with E-state index >= 15 is 0 Å². The van der Waals surface area contributed by atoms with Crippen LogP contribution in [0, 0.1) is 6.92 Å². The molecule has 0 saturated carbocycles. The highest BCUT2D eigenvalue weighted by Gasteiger charge is 2.07. The van der Waals surface area contributed by atoms with Crippen molar-refractivity contribution in [2.24, 2.45) is 4.99 Å². The summed E-state index contributed by atoms with van der Waals surface area (Å²) in [6.45, 7) is 10.4. The molecule has 6 heteroatoms. The lowest BCUT2D eigenvalue weighted by molar-refractivity contribution is 0.240. The van der Waals surface area contributed by atoms with Crippen molar-refractivity contribution in [3.8, 4) is 5.75 Å². The Hall–Kier alpha value is -1.83. The van der Waals surface area contributed by atoms with E-state index in [2.05, 4.69) is 47.7 Å². The molecule has 2 aromatic rings. The molecule has 1 aromatic heterocycles. The van der Waals surface area contributed by atoms with E-state index in [0.717, 1.165) is 42.5 Å². The number of aliphatic imine (C=N–C) groups is 1. The molecule has 1 aromatic carbocycles. The van der Waals surface area contributed by atoms with Gasteiger partial charge in [0, 0.05) is 37.0 Å². The standard InChI is InChI=1S/C21H30N4O.HI/c1-5-22-21(24-13-11-19-8-6-7-12-23-19)25-15-18-10-9-17(4)14-20(18)26-16(2)3;/h6-10,12,14,16H,5,11,13,15H2,1-4H3,(H2,22,24,25);1H. The summed E-state index contributed by atoms with van der Waals surface area (Å²) in [4.78, 5) is 9.05. The molecule has 1 heterocycles. The van der Waals surface area contributed by atoms with Gasteiger partial charge >= 0.3 is 0 Å². The topological polar surface area (TPSA) is 58.5 Å². The molecule has 0 atom stereocenters. The number of aromatic nitrogens is 1. The number of pyridine rings is 1. The van der Waals surface area contributed by atoms with E-state index < -0.39 is 0 Å². The number of nitrogens with one attached hydrogen (secondary N) is 2. The Kier molecular flexibility index (Phi) is 10.8. The maximum atomic E-state index is 5.94. The van der Waals surface area contributed by atoms with E-state index in [4.69, 9.17) is 9.73 Å². The summed E-state index contributed by atoms with van der Waals surface area (Å²) in [6.07, 6.45) is 2.82. The van der Waals surface area contributed by atoms with E-state index in [1.165, 1.54) is 5.56 Å². The monoisotopic (exact) mass is 482 g/mol. The minimum absolute atomic E-state index is 0. The lowest BCUT2D eigenvalue weighted by atomic mass is 10.1. The van der Waals surface area contributed by atoms with E-state index in [1.807, 2.05) is 38.2 Å². The Bertz CT molecular complexity index is 705. The molecule has 0 radical (unpaired) electrons. The van der Waals surface area contributed by atoms with Gasteiger partial charge in [0.25, 0.3) is 0 Å². The fourth-order valence-electron chi connectivity index (χ4n) is 2.52. The molecule has 0 fully saturated rings. The lowest BCUT2D eigenvalue weighted by Gasteiger charge is -2.15. The molecule has 5 nitrogen and oxygen atoms in total. The summed E-state index contributed by atoms with van der Waals surface area (Å²) < 4.78 is 5.94. The van der Waals surface area contributed by atoms with E-state index in [9.17, 15) is 0 Å². The average molecular weight is 482 g/mol. The predicted molar refractivity (Wildman–Crippen MR) is 123 cm³/mol. The number of benzene rings is 1. The SMILES string of the molecule is CCNC(=NCc1ccc(C)cc1OC(C)C)NCCc1ccccn1.I. The number of hydrogen-bond acceptors (Lipinski definition) is 3. The Labute approximate surface area is 180 Å². The zero-order valence-electron chi connectivity index (χ0n) is 16.7. The van der Waals surface area contributed by atoms with Gasteiger partial charge < -0.3 is 15.4 Å². The highest BCUT2D eigenvalue weighted by Crippen LogP contribution is 2.22. The Morgan fingerprint density at radius 2 is 2.00 bits per heavy atom. The zero-order valence-corrected chi connectivity index (χ0v) is 19.0. The van der Waals surface area contributed by atoms with Crippen molar-refractivity contribution in [2.75, 3.05) is 13.1 Å². The molecule has 0 unspecified atom stereocenters. The van der Waals surface area contributed by atoms with Crippen LogP contribution >= 0.6 is 24.0 Å². The first kappa shape index (κ1) is 23.2. The normalized spacial score (nSPS) is 11.1. The maximum Gasteiger partial charge on any atom is 0.191 e. The van der Waals surface area contributed by atoms with Crippen LogP contribution in [0.2, 0.25) is 0 Å². The van der Waals surface area contributed by atoms with Crippen molar-refractivity contribution in [1.82, 2.24) is 15.6 Å². The number of halogens is 1. The van der Waals surface area contributed by atoms with Gasteiger partial charge in [-0.2, -0.15) is 0 Å². The lowest BCUT2D eigenvalue weighted by Crippen LogP contribution is -2.38. The van der Waals surface area contributed by atoms with Crippen LogP contribution in [0.1, 0.15) is 37.6 Å². The van der Waals surface area contributed by atoms with Gasteiger partial charge in [-0.25, -0.2) is 4.99 Å². The van der Waals surface area contributed by atoms with Crippen LogP contribution in [0.15, 0.2) is 47.6 Å². The highest BCUT2D eigenvalue weighted by molar-refractivity contribution is 14.0. The van der Waals surface area contributed by atoms with Crippen LogP contribution in [0.4, 0.5) is 0 Å². The fourth-order valence-corrected chi connectivity index (χ4v) is 2.52. The highest BCUT2D eigenvalue weighted by atomic mass is 127. The molecule has 148 valence electrons. The van der Waals surface area contributed by atoms with Gasteiger partial charge in [0.15, 0.2) is 5.96 Å². The predicted octanol–water partition coefficient (Wildman–Crippen LogP) is 4.09. The van der Waals surface area contributed by atoms with Crippen molar-refractivity contribution < 1.29 is 4.74 Å². The van der Waals surface area contributed by atoms with Gasteiger partial charge in [-0.05, 0) is 51.5 Å². The Balaban J connectivity index is 0.00000364. The molecule has 2 N–H and O–H groups in total. The second-order valence-corrected chi connectivity index (χ2v) is 6.47. The van der Waals surface area contributed by atoms with E-state index in [0.29, 0.717) is 6.54 Å². The van der Waals surface area contributed by atoms with Crippen LogP contribution in [-0.2, 0) is 13.0 Å². The van der Waals surface area contributed by atoms with Crippen LogP contribution < -0.4 is 15.4 Å². The average Bonchev–Trinajstić information content (AvgIpc) is 2.61. The van der Waals surface area contributed by atoms with Crippen LogP contribution in [0.25, 0.3) is 0 Å². The second-order valence-electron chi connectivity index (χ2n) is 6.47. The third kappa shape index (κ3) is 8.60. The summed E-state index contributed by atoms with van der Waals surface area (Å²) >= 11 is 0. The number of hydrogen-bond donors (Lipinski definition) is 2. The van der Waals surface area contributed by atoms with Crippen molar-refractivity contribution in [2.45, 2.75) is 46.8 Å². The molecule has 0 aliphatic heterocycles. The van der Waals surface area contributed by atoms with Gasteiger partial charge in [0.1, 0.15) is 5.75 Å². The summed E-state index contributed by atoms with van der Waals surface area (Å²) in [7, 11) is 0. The molecule has 0 aliphatic carbocycles. The number of ether oxygens (including phenoxy) is 1. The third-order valence-electron chi connectivity index (χ3n) is 3.74. The Morgan fingerprint density at radius 3 is 2.67 bits per heavy atom. The fraction of sp³-hybridized carbons (Fsp3) is 0.429. The quantitative estimate of drug-likeness (QED) is 0.338. The zero-order chi connectivity index (χ0) is 18.8. The molecule has 0 bridgehead atoms. The van der Waals surface area contributed by atoms with E-state index in [1.54, 1.807) is 0 Å². The third-order valence-corrected chi connectivity index (χ3v) is 3.74. The van der Waals surface area contributed by atoms with Crippen molar-refractivity contribution in [3.05, 3.63) is 59.4 Å². The van der Waals surface area contributed by atoms with Crippen molar-refractivity contribution in [1.29, 1.82) is 0 Å². The number of guanidine groups is 1. The number of nitrogens with zero attached hydrogens (tertiary/aromatic N) is 2. The maximum absolute atomic E-state index is 5.94. The first-order valence-electron chi connectivity index (χ1n) is 9.26. The van der Waals surface area contributed by atoms with Gasteiger partial charge in [-0.3, -0.25) is 4.98 Å². The molecule has 0 saturated heterocycles. The largest absolute Gasteiger partial charge is 0.491 e. The molecule has 0 spiro atoms. The Morgan fingerprint density at radius 1 is 1.19 bits per heavy atom. The molecule has 0 amide bonds. The molecule has 27 heavy (non-hydrogen) atoms. The number of aryl methyl sites for hydroxylation is 1.